The summed E-state index contributed by atoms with van der Waals surface area (Å²) in [5.74, 6) is 0.514. The highest BCUT2D eigenvalue weighted by Gasteiger charge is 2.13. The van der Waals surface area contributed by atoms with Crippen molar-refractivity contribution < 1.29 is 14.6 Å². The number of phenolic OH excluding ortho intramolecular Hbond substituents is 1. The molecule has 1 amide bonds. The molecule has 21 heavy (non-hydrogen) atoms. The van der Waals surface area contributed by atoms with Gasteiger partial charge in [0.15, 0.2) is 11.5 Å². The summed E-state index contributed by atoms with van der Waals surface area (Å²) < 4.78 is 5.72. The molecule has 0 aliphatic rings. The molecular formula is C15H23BrN2O3. The van der Waals surface area contributed by atoms with Gasteiger partial charge in [0.05, 0.1) is 18.1 Å². The summed E-state index contributed by atoms with van der Waals surface area (Å²) in [4.78, 5) is 13.9. The minimum Gasteiger partial charge on any atom is -0.503 e. The zero-order valence-corrected chi connectivity index (χ0v) is 14.5. The molecule has 6 heteroatoms. The van der Waals surface area contributed by atoms with Crippen LogP contribution in [0.5, 0.6) is 11.5 Å². The standard InChI is InChI=1S/C15H23BrN2O3/c1-5-18(9-14(19)17-10(2)3)8-11-6-12(16)15(20)13(7-11)21-4/h6-7,10,20H,5,8-9H2,1-4H3,(H,17,19). The Morgan fingerprint density at radius 2 is 2.14 bits per heavy atom. The second-order valence-electron chi connectivity index (χ2n) is 5.15. The number of ether oxygens (including phenoxy) is 1. The van der Waals surface area contributed by atoms with Crippen molar-refractivity contribution in [2.45, 2.75) is 33.4 Å². The molecule has 1 aromatic carbocycles. The number of hydrogen-bond acceptors (Lipinski definition) is 4. The number of halogens is 1. The number of methoxy groups -OCH3 is 1. The molecule has 0 saturated carbocycles. The van der Waals surface area contributed by atoms with Crippen molar-refractivity contribution in [1.82, 2.24) is 10.2 Å². The quantitative estimate of drug-likeness (QED) is 0.785. The number of hydrogen-bond donors (Lipinski definition) is 2. The van der Waals surface area contributed by atoms with E-state index < -0.39 is 0 Å². The van der Waals surface area contributed by atoms with Gasteiger partial charge in [-0.1, -0.05) is 6.92 Å². The predicted molar refractivity (Wildman–Crippen MR) is 86.6 cm³/mol. The van der Waals surface area contributed by atoms with Gasteiger partial charge in [-0.15, -0.1) is 0 Å². The van der Waals surface area contributed by atoms with Crippen LogP contribution in [0.4, 0.5) is 0 Å². The van der Waals surface area contributed by atoms with E-state index in [-0.39, 0.29) is 17.7 Å². The smallest absolute Gasteiger partial charge is 0.234 e. The van der Waals surface area contributed by atoms with Crippen LogP contribution < -0.4 is 10.1 Å². The fourth-order valence-corrected chi connectivity index (χ4v) is 2.47. The van der Waals surface area contributed by atoms with E-state index in [1.54, 1.807) is 6.07 Å². The van der Waals surface area contributed by atoms with Crippen molar-refractivity contribution in [3.63, 3.8) is 0 Å². The lowest BCUT2D eigenvalue weighted by Crippen LogP contribution is -2.39. The Labute approximate surface area is 134 Å². The topological polar surface area (TPSA) is 61.8 Å². The van der Waals surface area contributed by atoms with Gasteiger partial charge in [0, 0.05) is 12.6 Å². The largest absolute Gasteiger partial charge is 0.503 e. The summed E-state index contributed by atoms with van der Waals surface area (Å²) in [5.41, 5.74) is 0.968. The molecule has 0 saturated heterocycles. The van der Waals surface area contributed by atoms with Crippen LogP contribution in [0.25, 0.3) is 0 Å². The van der Waals surface area contributed by atoms with Crippen LogP contribution in [0, 0.1) is 0 Å². The third kappa shape index (κ3) is 5.55. The summed E-state index contributed by atoms with van der Waals surface area (Å²) in [5, 5.41) is 12.7. The third-order valence-corrected chi connectivity index (χ3v) is 3.58. The molecule has 0 bridgehead atoms. The van der Waals surface area contributed by atoms with E-state index in [0.29, 0.717) is 23.3 Å². The Morgan fingerprint density at radius 3 is 2.67 bits per heavy atom. The van der Waals surface area contributed by atoms with Gasteiger partial charge in [0.2, 0.25) is 5.91 Å². The maximum atomic E-state index is 11.8. The molecule has 0 fully saturated rings. The van der Waals surface area contributed by atoms with Gasteiger partial charge in [-0.05, 0) is 54.0 Å². The molecule has 0 atom stereocenters. The lowest BCUT2D eigenvalue weighted by Gasteiger charge is -2.21. The van der Waals surface area contributed by atoms with Gasteiger partial charge < -0.3 is 15.2 Å². The van der Waals surface area contributed by atoms with Crippen molar-refractivity contribution in [1.29, 1.82) is 0 Å². The molecule has 2 N–H and O–H groups in total. The van der Waals surface area contributed by atoms with Crippen molar-refractivity contribution in [2.75, 3.05) is 20.2 Å². The Morgan fingerprint density at radius 1 is 1.48 bits per heavy atom. The molecular weight excluding hydrogens is 336 g/mol. The lowest BCUT2D eigenvalue weighted by atomic mass is 10.2. The summed E-state index contributed by atoms with van der Waals surface area (Å²) in [6, 6.07) is 3.75. The second kappa shape index (κ2) is 8.24. The van der Waals surface area contributed by atoms with Gasteiger partial charge >= 0.3 is 0 Å². The van der Waals surface area contributed by atoms with Crippen molar-refractivity contribution >= 4 is 21.8 Å². The highest BCUT2D eigenvalue weighted by atomic mass is 79.9. The van der Waals surface area contributed by atoms with Crippen LogP contribution in [0.1, 0.15) is 26.3 Å². The SMILES string of the molecule is CCN(CC(=O)NC(C)C)Cc1cc(Br)c(O)c(OC)c1. The summed E-state index contributed by atoms with van der Waals surface area (Å²) in [7, 11) is 1.51. The molecule has 0 radical (unpaired) electrons. The van der Waals surface area contributed by atoms with E-state index >= 15 is 0 Å². The van der Waals surface area contributed by atoms with E-state index in [4.69, 9.17) is 4.74 Å². The lowest BCUT2D eigenvalue weighted by molar-refractivity contribution is -0.122. The molecule has 0 aliphatic carbocycles. The van der Waals surface area contributed by atoms with Gasteiger partial charge in [-0.2, -0.15) is 0 Å². The average molecular weight is 359 g/mol. The monoisotopic (exact) mass is 358 g/mol. The van der Waals surface area contributed by atoms with Crippen LogP contribution in [0.3, 0.4) is 0 Å². The Bertz CT molecular complexity index is 492. The zero-order valence-electron chi connectivity index (χ0n) is 12.9. The number of carbonyl (C=O) groups excluding carboxylic acids is 1. The van der Waals surface area contributed by atoms with E-state index in [0.717, 1.165) is 12.1 Å². The number of amides is 1. The fraction of sp³-hybridized carbons (Fsp3) is 0.533. The van der Waals surface area contributed by atoms with E-state index in [2.05, 4.69) is 21.2 Å². The summed E-state index contributed by atoms with van der Waals surface area (Å²) >= 11 is 3.31. The third-order valence-electron chi connectivity index (χ3n) is 2.98. The molecule has 0 heterocycles. The molecule has 1 aromatic rings. The van der Waals surface area contributed by atoms with Crippen LogP contribution >= 0.6 is 15.9 Å². The highest BCUT2D eigenvalue weighted by Crippen LogP contribution is 2.35. The van der Waals surface area contributed by atoms with Crippen LogP contribution in [0.2, 0.25) is 0 Å². The Balaban J connectivity index is 2.77. The number of benzene rings is 1. The number of carbonyl (C=O) groups is 1. The summed E-state index contributed by atoms with van der Waals surface area (Å²) in [6.07, 6.45) is 0. The van der Waals surface area contributed by atoms with Crippen molar-refractivity contribution in [3.05, 3.63) is 22.2 Å². The number of aromatic hydroxyl groups is 1. The number of likely N-dealkylation sites (N-methyl/N-ethyl adjacent to an activating group) is 1. The molecule has 0 aliphatic heterocycles. The normalized spacial score (nSPS) is 11.0. The maximum absolute atomic E-state index is 11.8. The van der Waals surface area contributed by atoms with Crippen LogP contribution in [-0.4, -0.2) is 42.2 Å². The van der Waals surface area contributed by atoms with Gasteiger partial charge in [-0.3, -0.25) is 9.69 Å². The predicted octanol–water partition coefficient (Wildman–Crippen LogP) is 2.51. The molecule has 0 spiro atoms. The number of rotatable bonds is 7. The first-order valence-corrected chi connectivity index (χ1v) is 7.73. The van der Waals surface area contributed by atoms with Gasteiger partial charge in [0.25, 0.3) is 0 Å². The molecule has 5 nitrogen and oxygen atoms in total. The minimum atomic E-state index is 0.0108. The highest BCUT2D eigenvalue weighted by molar-refractivity contribution is 9.10. The average Bonchev–Trinajstić information content (AvgIpc) is 2.40. The first-order chi connectivity index (χ1) is 9.87. The van der Waals surface area contributed by atoms with Crippen LogP contribution in [0.15, 0.2) is 16.6 Å². The van der Waals surface area contributed by atoms with E-state index in [1.165, 1.54) is 7.11 Å². The summed E-state index contributed by atoms with van der Waals surface area (Å²) in [6.45, 7) is 7.60. The minimum absolute atomic E-state index is 0.0108. The number of phenols is 1. The van der Waals surface area contributed by atoms with Crippen LogP contribution in [-0.2, 0) is 11.3 Å². The first kappa shape index (κ1) is 17.8. The number of nitrogens with zero attached hydrogens (tertiary/aromatic N) is 1. The molecule has 118 valence electrons. The van der Waals surface area contributed by atoms with Crippen molar-refractivity contribution in [3.8, 4) is 11.5 Å². The van der Waals surface area contributed by atoms with Gasteiger partial charge in [-0.25, -0.2) is 0 Å². The molecule has 0 unspecified atom stereocenters. The zero-order chi connectivity index (χ0) is 16.0. The Hall–Kier alpha value is -1.27. The molecule has 0 aromatic heterocycles. The van der Waals surface area contributed by atoms with E-state index in [9.17, 15) is 9.90 Å². The Kier molecular flexibility index (Phi) is 6.98. The van der Waals surface area contributed by atoms with E-state index in [1.807, 2.05) is 31.7 Å². The first-order valence-electron chi connectivity index (χ1n) is 6.94. The maximum Gasteiger partial charge on any atom is 0.234 e. The van der Waals surface area contributed by atoms with Crippen molar-refractivity contribution in [2.24, 2.45) is 0 Å². The fourth-order valence-electron chi connectivity index (χ4n) is 1.98. The second-order valence-corrected chi connectivity index (χ2v) is 6.01. The van der Waals surface area contributed by atoms with Gasteiger partial charge in [0.1, 0.15) is 0 Å². The number of nitrogens with one attached hydrogen (secondary N) is 1. The molecule has 1 rings (SSSR count).